The van der Waals surface area contributed by atoms with Crippen LogP contribution in [0.25, 0.3) is 33.0 Å². The Labute approximate surface area is 166 Å². The molecule has 0 atom stereocenters. The summed E-state index contributed by atoms with van der Waals surface area (Å²) in [7, 11) is 0. The Bertz CT molecular complexity index is 998. The van der Waals surface area contributed by atoms with Crippen molar-refractivity contribution in [3.63, 3.8) is 0 Å². The Balaban J connectivity index is 1.46. The van der Waals surface area contributed by atoms with E-state index in [-0.39, 0.29) is 0 Å². The molecule has 136 valence electrons. The van der Waals surface area contributed by atoms with Crippen LogP contribution in [0.4, 0.5) is 0 Å². The fraction of sp³-hybridized carbons (Fsp3) is 0.231. The summed E-state index contributed by atoms with van der Waals surface area (Å²) in [6.45, 7) is 2.26. The normalized spacial score (nSPS) is 11.7. The molecule has 0 unspecified atom stereocenters. The highest BCUT2D eigenvalue weighted by atomic mass is 32.1. The molecule has 1 heterocycles. The quantitative estimate of drug-likeness (QED) is 0.287. The second kappa shape index (κ2) is 8.54. The predicted octanol–water partition coefficient (Wildman–Crippen LogP) is 8.35. The van der Waals surface area contributed by atoms with Crippen LogP contribution in [0.2, 0.25) is 0 Å². The summed E-state index contributed by atoms with van der Waals surface area (Å²) in [5.41, 5.74) is 2.73. The van der Waals surface area contributed by atoms with Crippen LogP contribution in [0.3, 0.4) is 0 Å². The Kier molecular flexibility index (Phi) is 5.69. The van der Waals surface area contributed by atoms with Gasteiger partial charge in [-0.3, -0.25) is 0 Å². The Morgan fingerprint density at radius 3 is 2.30 bits per heavy atom. The van der Waals surface area contributed by atoms with E-state index in [1.165, 1.54) is 69.0 Å². The molecule has 0 spiro atoms. The van der Waals surface area contributed by atoms with Crippen molar-refractivity contribution < 1.29 is 0 Å². The molecule has 0 fully saturated rings. The van der Waals surface area contributed by atoms with E-state index in [4.69, 9.17) is 0 Å². The second-order valence-corrected chi connectivity index (χ2v) is 8.39. The van der Waals surface area contributed by atoms with Crippen LogP contribution in [0, 0.1) is 0 Å². The van der Waals surface area contributed by atoms with E-state index < -0.39 is 0 Å². The highest BCUT2D eigenvalue weighted by Crippen LogP contribution is 2.31. The van der Waals surface area contributed by atoms with Crippen molar-refractivity contribution in [3.05, 3.63) is 82.7 Å². The molecule has 0 aliphatic heterocycles. The molecular weight excluding hydrogens is 344 g/mol. The maximum atomic E-state index is 2.31. The zero-order chi connectivity index (χ0) is 18.5. The molecular formula is C26H26S. The van der Waals surface area contributed by atoms with Crippen LogP contribution in [0.1, 0.15) is 48.6 Å². The van der Waals surface area contributed by atoms with Gasteiger partial charge in [0.25, 0.3) is 0 Å². The summed E-state index contributed by atoms with van der Waals surface area (Å²) in [5, 5.41) is 3.96. The van der Waals surface area contributed by atoms with Crippen LogP contribution < -0.4 is 0 Å². The number of hydrogen-bond donors (Lipinski definition) is 0. The Morgan fingerprint density at radius 2 is 1.52 bits per heavy atom. The monoisotopic (exact) mass is 370 g/mol. The average Bonchev–Trinajstić information content (AvgIpc) is 3.10. The van der Waals surface area contributed by atoms with Gasteiger partial charge in [-0.25, -0.2) is 0 Å². The third kappa shape index (κ3) is 4.48. The number of rotatable bonds is 7. The van der Waals surface area contributed by atoms with E-state index in [0.717, 1.165) is 0 Å². The molecule has 3 aromatic carbocycles. The fourth-order valence-electron chi connectivity index (χ4n) is 3.56. The van der Waals surface area contributed by atoms with Crippen LogP contribution in [0.15, 0.2) is 66.7 Å². The van der Waals surface area contributed by atoms with Gasteiger partial charge in [-0.05, 0) is 64.4 Å². The summed E-state index contributed by atoms with van der Waals surface area (Å²) >= 11 is 1.86. The molecule has 1 aromatic heterocycles. The smallest absolute Gasteiger partial charge is 0.0355 e. The number of aryl methyl sites for hydroxylation is 1. The molecule has 27 heavy (non-hydrogen) atoms. The zero-order valence-corrected chi connectivity index (χ0v) is 16.8. The predicted molar refractivity (Wildman–Crippen MR) is 123 cm³/mol. The van der Waals surface area contributed by atoms with Gasteiger partial charge >= 0.3 is 0 Å². The topological polar surface area (TPSA) is 0 Å². The lowest BCUT2D eigenvalue weighted by Gasteiger charge is -2.01. The molecule has 4 aromatic rings. The standard InChI is InChI=1S/C26H26S/c1-2-3-4-5-8-20-11-13-21(14-12-20)15-16-25-18-24-17-22-9-6-7-10-23(22)19-26(24)27-25/h6-7,9-19H,2-5,8H2,1H3. The van der Waals surface area contributed by atoms with Gasteiger partial charge in [-0.15, -0.1) is 11.3 Å². The molecule has 0 aliphatic rings. The minimum atomic E-state index is 1.20. The van der Waals surface area contributed by atoms with Crippen LogP contribution in [0.5, 0.6) is 0 Å². The Hall–Kier alpha value is -2.38. The summed E-state index contributed by atoms with van der Waals surface area (Å²) < 4.78 is 1.36. The average molecular weight is 371 g/mol. The summed E-state index contributed by atoms with van der Waals surface area (Å²) in [4.78, 5) is 1.31. The van der Waals surface area contributed by atoms with E-state index in [1.807, 2.05) is 11.3 Å². The van der Waals surface area contributed by atoms with Crippen molar-refractivity contribution in [3.8, 4) is 0 Å². The number of unbranched alkanes of at least 4 members (excludes halogenated alkanes) is 3. The van der Waals surface area contributed by atoms with Crippen molar-refractivity contribution in [2.24, 2.45) is 0 Å². The maximum absolute atomic E-state index is 2.31. The minimum absolute atomic E-state index is 1.20. The van der Waals surface area contributed by atoms with Crippen molar-refractivity contribution in [1.29, 1.82) is 0 Å². The van der Waals surface area contributed by atoms with Gasteiger partial charge in [-0.2, -0.15) is 0 Å². The first-order chi connectivity index (χ1) is 13.3. The number of thiophene rings is 1. The summed E-state index contributed by atoms with van der Waals surface area (Å²) in [6.07, 6.45) is 11.0. The van der Waals surface area contributed by atoms with Crippen molar-refractivity contribution >= 4 is 44.3 Å². The second-order valence-electron chi connectivity index (χ2n) is 7.27. The van der Waals surface area contributed by atoms with Gasteiger partial charge in [0.1, 0.15) is 0 Å². The van der Waals surface area contributed by atoms with Gasteiger partial charge in [0.2, 0.25) is 0 Å². The van der Waals surface area contributed by atoms with E-state index in [2.05, 4.69) is 85.8 Å². The first-order valence-electron chi connectivity index (χ1n) is 10.0. The Morgan fingerprint density at radius 1 is 0.741 bits per heavy atom. The number of fused-ring (bicyclic) bond motifs is 2. The lowest BCUT2D eigenvalue weighted by Crippen LogP contribution is -1.85. The summed E-state index contributed by atoms with van der Waals surface area (Å²) in [5.74, 6) is 0. The maximum Gasteiger partial charge on any atom is 0.0355 e. The minimum Gasteiger partial charge on any atom is -0.136 e. The molecule has 0 radical (unpaired) electrons. The molecule has 0 nitrogen and oxygen atoms in total. The van der Waals surface area contributed by atoms with Gasteiger partial charge in [-0.1, -0.05) is 80.8 Å². The van der Waals surface area contributed by atoms with Gasteiger partial charge < -0.3 is 0 Å². The fourth-order valence-corrected chi connectivity index (χ4v) is 4.56. The highest BCUT2D eigenvalue weighted by molar-refractivity contribution is 7.20. The van der Waals surface area contributed by atoms with Gasteiger partial charge in [0.05, 0.1) is 0 Å². The first kappa shape index (κ1) is 18.0. The molecule has 0 saturated heterocycles. The first-order valence-corrected chi connectivity index (χ1v) is 10.8. The van der Waals surface area contributed by atoms with E-state index in [9.17, 15) is 0 Å². The zero-order valence-electron chi connectivity index (χ0n) is 15.9. The van der Waals surface area contributed by atoms with Crippen LogP contribution in [-0.4, -0.2) is 0 Å². The van der Waals surface area contributed by atoms with E-state index >= 15 is 0 Å². The molecule has 4 rings (SSSR count). The molecule has 0 amide bonds. The van der Waals surface area contributed by atoms with Gasteiger partial charge in [0.15, 0.2) is 0 Å². The van der Waals surface area contributed by atoms with Crippen molar-refractivity contribution in [2.45, 2.75) is 39.0 Å². The SMILES string of the molecule is CCCCCCc1ccc(C=Cc2cc3cc4ccccc4cc3s2)cc1. The third-order valence-corrected chi connectivity index (χ3v) is 6.21. The molecule has 1 heteroatoms. The highest BCUT2D eigenvalue weighted by Gasteiger charge is 2.02. The van der Waals surface area contributed by atoms with Crippen molar-refractivity contribution in [1.82, 2.24) is 0 Å². The van der Waals surface area contributed by atoms with E-state index in [0.29, 0.717) is 0 Å². The lowest BCUT2D eigenvalue weighted by atomic mass is 10.0. The van der Waals surface area contributed by atoms with Crippen molar-refractivity contribution in [2.75, 3.05) is 0 Å². The molecule has 0 bridgehead atoms. The third-order valence-electron chi connectivity index (χ3n) is 5.14. The largest absolute Gasteiger partial charge is 0.136 e. The molecule has 0 saturated carbocycles. The number of hydrogen-bond acceptors (Lipinski definition) is 1. The summed E-state index contributed by atoms with van der Waals surface area (Å²) in [6, 6.07) is 24.5. The van der Waals surface area contributed by atoms with Gasteiger partial charge in [0, 0.05) is 9.58 Å². The van der Waals surface area contributed by atoms with Crippen LogP contribution >= 0.6 is 11.3 Å². The van der Waals surface area contributed by atoms with E-state index in [1.54, 1.807) is 0 Å². The molecule has 0 N–H and O–H groups in total. The van der Waals surface area contributed by atoms with Crippen LogP contribution in [-0.2, 0) is 6.42 Å². The molecule has 0 aliphatic carbocycles. The lowest BCUT2D eigenvalue weighted by molar-refractivity contribution is 0.667. The number of benzene rings is 3.